The SMILES string of the molecule is CN(Cc1ccccc1Br)c1ccccc1C=O. The van der Waals surface area contributed by atoms with E-state index < -0.39 is 0 Å². The summed E-state index contributed by atoms with van der Waals surface area (Å²) < 4.78 is 1.08. The topological polar surface area (TPSA) is 20.3 Å². The van der Waals surface area contributed by atoms with E-state index in [1.807, 2.05) is 49.5 Å². The first kappa shape index (κ1) is 12.8. The highest BCUT2D eigenvalue weighted by Crippen LogP contribution is 2.22. The van der Waals surface area contributed by atoms with Crippen LogP contribution >= 0.6 is 15.9 Å². The maximum absolute atomic E-state index is 11.0. The summed E-state index contributed by atoms with van der Waals surface area (Å²) in [5.41, 5.74) is 2.86. The van der Waals surface area contributed by atoms with Gasteiger partial charge in [-0.3, -0.25) is 4.79 Å². The molecule has 92 valence electrons. The van der Waals surface area contributed by atoms with Gasteiger partial charge >= 0.3 is 0 Å². The highest BCUT2D eigenvalue weighted by Gasteiger charge is 2.08. The standard InChI is InChI=1S/C15H14BrNO/c1-17(10-12-6-2-4-8-14(12)16)15-9-5-3-7-13(15)11-18/h2-9,11H,10H2,1H3. The fraction of sp³-hybridized carbons (Fsp3) is 0.133. The van der Waals surface area contributed by atoms with Gasteiger partial charge in [0.25, 0.3) is 0 Å². The highest BCUT2D eigenvalue weighted by atomic mass is 79.9. The Hall–Kier alpha value is -1.61. The quantitative estimate of drug-likeness (QED) is 0.799. The Morgan fingerprint density at radius 2 is 1.78 bits per heavy atom. The van der Waals surface area contributed by atoms with Gasteiger partial charge in [-0.2, -0.15) is 0 Å². The van der Waals surface area contributed by atoms with E-state index in [2.05, 4.69) is 26.9 Å². The van der Waals surface area contributed by atoms with Crippen LogP contribution in [0.25, 0.3) is 0 Å². The van der Waals surface area contributed by atoms with Gasteiger partial charge in [0, 0.05) is 29.3 Å². The van der Waals surface area contributed by atoms with Crippen LogP contribution in [0.2, 0.25) is 0 Å². The van der Waals surface area contributed by atoms with Crippen LogP contribution in [-0.2, 0) is 6.54 Å². The number of nitrogens with zero attached hydrogens (tertiary/aromatic N) is 1. The van der Waals surface area contributed by atoms with Crippen LogP contribution in [0.1, 0.15) is 15.9 Å². The van der Waals surface area contributed by atoms with Gasteiger partial charge in [0.2, 0.25) is 0 Å². The van der Waals surface area contributed by atoms with E-state index in [0.717, 1.165) is 23.0 Å². The van der Waals surface area contributed by atoms with Crippen molar-refractivity contribution in [3.05, 3.63) is 64.1 Å². The average molecular weight is 304 g/mol. The molecule has 18 heavy (non-hydrogen) atoms. The number of hydrogen-bond acceptors (Lipinski definition) is 2. The largest absolute Gasteiger partial charge is 0.370 e. The minimum Gasteiger partial charge on any atom is -0.370 e. The molecule has 0 aliphatic rings. The molecule has 0 aromatic heterocycles. The number of rotatable bonds is 4. The Kier molecular flexibility index (Phi) is 4.15. The van der Waals surface area contributed by atoms with Crippen molar-refractivity contribution in [2.45, 2.75) is 6.54 Å². The van der Waals surface area contributed by atoms with Crippen molar-refractivity contribution in [1.82, 2.24) is 0 Å². The molecular weight excluding hydrogens is 290 g/mol. The van der Waals surface area contributed by atoms with E-state index in [1.165, 1.54) is 5.56 Å². The number of carbonyl (C=O) groups excluding carboxylic acids is 1. The van der Waals surface area contributed by atoms with Crippen LogP contribution in [0.3, 0.4) is 0 Å². The summed E-state index contributed by atoms with van der Waals surface area (Å²) in [6.07, 6.45) is 0.895. The molecule has 2 rings (SSSR count). The van der Waals surface area contributed by atoms with Crippen molar-refractivity contribution in [3.63, 3.8) is 0 Å². The fourth-order valence-corrected chi connectivity index (χ4v) is 2.31. The molecular formula is C15H14BrNO. The summed E-state index contributed by atoms with van der Waals surface area (Å²) in [6, 6.07) is 15.7. The van der Waals surface area contributed by atoms with Gasteiger partial charge in [-0.15, -0.1) is 0 Å². The van der Waals surface area contributed by atoms with Crippen LogP contribution in [0.5, 0.6) is 0 Å². The maximum atomic E-state index is 11.0. The number of halogens is 1. The van der Waals surface area contributed by atoms with E-state index in [4.69, 9.17) is 0 Å². The van der Waals surface area contributed by atoms with E-state index in [0.29, 0.717) is 5.56 Å². The van der Waals surface area contributed by atoms with Gasteiger partial charge < -0.3 is 4.90 Å². The van der Waals surface area contributed by atoms with E-state index in [9.17, 15) is 4.79 Å². The van der Waals surface area contributed by atoms with E-state index in [1.54, 1.807) is 0 Å². The number of para-hydroxylation sites is 1. The lowest BCUT2D eigenvalue weighted by Crippen LogP contribution is -2.18. The Morgan fingerprint density at radius 3 is 2.50 bits per heavy atom. The van der Waals surface area contributed by atoms with Crippen molar-refractivity contribution in [2.75, 3.05) is 11.9 Å². The molecule has 0 bridgehead atoms. The minimum atomic E-state index is 0.715. The highest BCUT2D eigenvalue weighted by molar-refractivity contribution is 9.10. The first-order valence-corrected chi connectivity index (χ1v) is 6.50. The summed E-state index contributed by atoms with van der Waals surface area (Å²) in [4.78, 5) is 13.1. The Morgan fingerprint density at radius 1 is 1.11 bits per heavy atom. The second kappa shape index (κ2) is 5.83. The van der Waals surface area contributed by atoms with Crippen molar-refractivity contribution >= 4 is 27.9 Å². The zero-order chi connectivity index (χ0) is 13.0. The molecule has 0 atom stereocenters. The number of aldehydes is 1. The molecule has 0 aliphatic heterocycles. The van der Waals surface area contributed by atoms with Crippen LogP contribution < -0.4 is 4.90 Å². The fourth-order valence-electron chi connectivity index (χ4n) is 1.90. The second-order valence-corrected chi connectivity index (χ2v) is 4.98. The molecule has 0 heterocycles. The molecule has 0 radical (unpaired) electrons. The van der Waals surface area contributed by atoms with Crippen molar-refractivity contribution in [1.29, 1.82) is 0 Å². The van der Waals surface area contributed by atoms with Crippen molar-refractivity contribution < 1.29 is 4.79 Å². The minimum absolute atomic E-state index is 0.715. The van der Waals surface area contributed by atoms with Gasteiger partial charge in [-0.1, -0.05) is 46.3 Å². The van der Waals surface area contributed by atoms with Crippen molar-refractivity contribution in [3.8, 4) is 0 Å². The molecule has 2 nitrogen and oxygen atoms in total. The predicted octanol–water partition coefficient (Wildman–Crippen LogP) is 3.90. The van der Waals surface area contributed by atoms with Gasteiger partial charge in [-0.25, -0.2) is 0 Å². The summed E-state index contributed by atoms with van der Waals surface area (Å²) in [5, 5.41) is 0. The first-order valence-electron chi connectivity index (χ1n) is 5.71. The summed E-state index contributed by atoms with van der Waals surface area (Å²) >= 11 is 3.54. The average Bonchev–Trinajstić information content (AvgIpc) is 2.41. The molecule has 2 aromatic rings. The molecule has 3 heteroatoms. The number of carbonyl (C=O) groups is 1. The van der Waals surface area contributed by atoms with Gasteiger partial charge in [-0.05, 0) is 23.8 Å². The molecule has 0 N–H and O–H groups in total. The Balaban J connectivity index is 2.25. The Bertz CT molecular complexity index is 554. The molecule has 0 aliphatic carbocycles. The van der Waals surface area contributed by atoms with E-state index in [-0.39, 0.29) is 0 Å². The number of anilines is 1. The lowest BCUT2D eigenvalue weighted by molar-refractivity contribution is 0.112. The summed E-state index contributed by atoms with van der Waals surface area (Å²) in [7, 11) is 1.99. The molecule has 0 amide bonds. The lowest BCUT2D eigenvalue weighted by Gasteiger charge is -2.21. The number of benzene rings is 2. The van der Waals surface area contributed by atoms with Gasteiger partial charge in [0.1, 0.15) is 0 Å². The molecule has 2 aromatic carbocycles. The molecule has 0 saturated carbocycles. The van der Waals surface area contributed by atoms with Crippen LogP contribution in [-0.4, -0.2) is 13.3 Å². The predicted molar refractivity (Wildman–Crippen MR) is 78.1 cm³/mol. The Labute approximate surface area is 115 Å². The smallest absolute Gasteiger partial charge is 0.152 e. The summed E-state index contributed by atoms with van der Waals surface area (Å²) in [5.74, 6) is 0. The monoisotopic (exact) mass is 303 g/mol. The number of hydrogen-bond donors (Lipinski definition) is 0. The molecule has 0 fully saturated rings. The zero-order valence-corrected chi connectivity index (χ0v) is 11.7. The van der Waals surface area contributed by atoms with Crippen LogP contribution in [0, 0.1) is 0 Å². The first-order chi connectivity index (χ1) is 8.72. The third-order valence-electron chi connectivity index (χ3n) is 2.84. The van der Waals surface area contributed by atoms with Crippen LogP contribution in [0.4, 0.5) is 5.69 Å². The van der Waals surface area contributed by atoms with E-state index >= 15 is 0 Å². The molecule has 0 unspecified atom stereocenters. The van der Waals surface area contributed by atoms with Crippen molar-refractivity contribution in [2.24, 2.45) is 0 Å². The third-order valence-corrected chi connectivity index (χ3v) is 3.61. The van der Waals surface area contributed by atoms with Crippen LogP contribution in [0.15, 0.2) is 53.0 Å². The van der Waals surface area contributed by atoms with Gasteiger partial charge in [0.15, 0.2) is 6.29 Å². The lowest BCUT2D eigenvalue weighted by atomic mass is 10.1. The molecule has 0 spiro atoms. The third kappa shape index (κ3) is 2.79. The normalized spacial score (nSPS) is 10.1. The van der Waals surface area contributed by atoms with Gasteiger partial charge in [0.05, 0.1) is 0 Å². The molecule has 0 saturated heterocycles. The summed E-state index contributed by atoms with van der Waals surface area (Å²) in [6.45, 7) is 0.756. The second-order valence-electron chi connectivity index (χ2n) is 4.12. The zero-order valence-electron chi connectivity index (χ0n) is 10.1. The maximum Gasteiger partial charge on any atom is 0.152 e.